The molecule has 0 bridgehead atoms. The third-order valence-electron chi connectivity index (χ3n) is 8.47. The standard InChI is InChI=1S/C36H25N/c1-36(2)33-17-23(35-18-22-9-3-4-10-24(22)21-37-35)15-16-29(33)32-19-30-27-13-7-5-11-25(27)26-12-6-8-14-28(26)31(30)20-34(32)36/h3-21H,1-2H3. The molecule has 0 unspecified atom stereocenters. The quantitative estimate of drug-likeness (QED) is 0.217. The first-order valence-electron chi connectivity index (χ1n) is 13.0. The Balaban J connectivity index is 1.39. The first-order chi connectivity index (χ1) is 18.1. The highest BCUT2D eigenvalue weighted by molar-refractivity contribution is 6.26. The molecule has 1 aliphatic carbocycles. The fourth-order valence-corrected chi connectivity index (χ4v) is 6.53. The maximum atomic E-state index is 4.81. The second-order valence-electron chi connectivity index (χ2n) is 10.8. The van der Waals surface area contributed by atoms with Crippen LogP contribution in [-0.2, 0) is 5.41 Å². The molecule has 1 aromatic heterocycles. The lowest BCUT2D eigenvalue weighted by molar-refractivity contribution is 0.661. The Morgan fingerprint density at radius 3 is 1.76 bits per heavy atom. The predicted molar refractivity (Wildman–Crippen MR) is 157 cm³/mol. The van der Waals surface area contributed by atoms with Crippen LogP contribution in [0.3, 0.4) is 0 Å². The Hall–Kier alpha value is -4.49. The van der Waals surface area contributed by atoms with Crippen LogP contribution in [0.15, 0.2) is 115 Å². The van der Waals surface area contributed by atoms with Gasteiger partial charge in [-0.05, 0) is 84.2 Å². The molecule has 0 atom stereocenters. The van der Waals surface area contributed by atoms with E-state index in [2.05, 4.69) is 123 Å². The van der Waals surface area contributed by atoms with Gasteiger partial charge in [0, 0.05) is 22.6 Å². The van der Waals surface area contributed by atoms with Crippen LogP contribution in [0.5, 0.6) is 0 Å². The van der Waals surface area contributed by atoms with E-state index in [0.29, 0.717) is 0 Å². The number of benzene rings is 6. The molecule has 0 spiro atoms. The Labute approximate surface area is 216 Å². The topological polar surface area (TPSA) is 12.9 Å². The lowest BCUT2D eigenvalue weighted by Gasteiger charge is -2.23. The molecule has 1 aliphatic rings. The summed E-state index contributed by atoms with van der Waals surface area (Å²) in [5, 5.41) is 10.4. The van der Waals surface area contributed by atoms with Crippen LogP contribution < -0.4 is 0 Å². The van der Waals surface area contributed by atoms with Crippen molar-refractivity contribution in [1.29, 1.82) is 0 Å². The van der Waals surface area contributed by atoms with Crippen LogP contribution >= 0.6 is 0 Å². The monoisotopic (exact) mass is 471 g/mol. The summed E-state index contributed by atoms with van der Waals surface area (Å²) in [7, 11) is 0. The van der Waals surface area contributed by atoms with Crippen molar-refractivity contribution >= 4 is 43.1 Å². The highest BCUT2D eigenvalue weighted by Gasteiger charge is 2.36. The van der Waals surface area contributed by atoms with E-state index in [1.54, 1.807) is 0 Å². The highest BCUT2D eigenvalue weighted by Crippen LogP contribution is 2.52. The Morgan fingerprint density at radius 1 is 0.486 bits per heavy atom. The normalized spacial score (nSPS) is 13.9. The van der Waals surface area contributed by atoms with Crippen molar-refractivity contribution in [2.75, 3.05) is 0 Å². The minimum absolute atomic E-state index is 0.0987. The van der Waals surface area contributed by atoms with Gasteiger partial charge in [0.05, 0.1) is 5.69 Å². The smallest absolute Gasteiger partial charge is 0.0708 e. The van der Waals surface area contributed by atoms with Crippen molar-refractivity contribution in [2.24, 2.45) is 0 Å². The van der Waals surface area contributed by atoms with Gasteiger partial charge in [-0.25, -0.2) is 0 Å². The number of rotatable bonds is 1. The average Bonchev–Trinajstić information content (AvgIpc) is 3.17. The van der Waals surface area contributed by atoms with E-state index in [-0.39, 0.29) is 5.41 Å². The highest BCUT2D eigenvalue weighted by atomic mass is 14.7. The minimum atomic E-state index is -0.0987. The van der Waals surface area contributed by atoms with E-state index < -0.39 is 0 Å². The van der Waals surface area contributed by atoms with Gasteiger partial charge < -0.3 is 0 Å². The fourth-order valence-electron chi connectivity index (χ4n) is 6.53. The molecule has 6 aromatic carbocycles. The van der Waals surface area contributed by atoms with Crippen LogP contribution in [0, 0.1) is 0 Å². The van der Waals surface area contributed by atoms with E-state index in [9.17, 15) is 0 Å². The molecule has 37 heavy (non-hydrogen) atoms. The van der Waals surface area contributed by atoms with Crippen LogP contribution in [0.1, 0.15) is 25.0 Å². The minimum Gasteiger partial charge on any atom is -0.256 e. The molecule has 0 fully saturated rings. The molecule has 0 saturated heterocycles. The van der Waals surface area contributed by atoms with Gasteiger partial charge in [-0.3, -0.25) is 4.98 Å². The summed E-state index contributed by atoms with van der Waals surface area (Å²) < 4.78 is 0. The largest absolute Gasteiger partial charge is 0.256 e. The molecule has 0 radical (unpaired) electrons. The van der Waals surface area contributed by atoms with Gasteiger partial charge in [-0.15, -0.1) is 0 Å². The van der Waals surface area contributed by atoms with Crippen molar-refractivity contribution in [1.82, 2.24) is 4.98 Å². The van der Waals surface area contributed by atoms with Crippen molar-refractivity contribution in [3.05, 3.63) is 127 Å². The fraction of sp³-hybridized carbons (Fsp3) is 0.0833. The zero-order valence-corrected chi connectivity index (χ0v) is 20.9. The number of hydrogen-bond donors (Lipinski definition) is 0. The van der Waals surface area contributed by atoms with Gasteiger partial charge in [0.25, 0.3) is 0 Å². The molecule has 1 heteroatoms. The van der Waals surface area contributed by atoms with Gasteiger partial charge in [-0.2, -0.15) is 0 Å². The summed E-state index contributed by atoms with van der Waals surface area (Å²) in [6, 6.07) is 40.1. The third kappa shape index (κ3) is 2.83. The van der Waals surface area contributed by atoms with Crippen LogP contribution in [-0.4, -0.2) is 4.98 Å². The number of fused-ring (bicyclic) bond motifs is 10. The van der Waals surface area contributed by atoms with E-state index >= 15 is 0 Å². The molecule has 0 amide bonds. The second-order valence-corrected chi connectivity index (χ2v) is 10.8. The second kappa shape index (κ2) is 7.27. The molecule has 1 heterocycles. The van der Waals surface area contributed by atoms with Crippen molar-refractivity contribution in [3.63, 3.8) is 0 Å². The van der Waals surface area contributed by atoms with Gasteiger partial charge >= 0.3 is 0 Å². The van der Waals surface area contributed by atoms with Gasteiger partial charge in [0.15, 0.2) is 0 Å². The average molecular weight is 472 g/mol. The predicted octanol–water partition coefficient (Wildman–Crippen LogP) is 9.67. The number of aromatic nitrogens is 1. The summed E-state index contributed by atoms with van der Waals surface area (Å²) in [6.45, 7) is 4.73. The molecular weight excluding hydrogens is 446 g/mol. The summed E-state index contributed by atoms with van der Waals surface area (Å²) >= 11 is 0. The molecule has 8 rings (SSSR count). The SMILES string of the molecule is CC1(C)c2cc(-c3cc4ccccc4cn3)ccc2-c2cc3c4ccccc4c4ccccc4c3cc21. The number of nitrogens with zero attached hydrogens (tertiary/aromatic N) is 1. The number of pyridine rings is 1. The summed E-state index contributed by atoms with van der Waals surface area (Å²) in [5.41, 5.74) is 7.56. The third-order valence-corrected chi connectivity index (χ3v) is 8.47. The molecule has 7 aromatic rings. The van der Waals surface area contributed by atoms with E-state index in [4.69, 9.17) is 4.98 Å². The molecule has 0 aliphatic heterocycles. The maximum absolute atomic E-state index is 4.81. The molecule has 174 valence electrons. The molecule has 0 N–H and O–H groups in total. The summed E-state index contributed by atoms with van der Waals surface area (Å²) in [6.07, 6.45) is 1.99. The first kappa shape index (κ1) is 20.7. The molecule has 1 nitrogen and oxygen atoms in total. The van der Waals surface area contributed by atoms with Gasteiger partial charge in [-0.1, -0.05) is 98.8 Å². The van der Waals surface area contributed by atoms with E-state index in [1.165, 1.54) is 70.9 Å². The molecule has 0 saturated carbocycles. The lowest BCUT2D eigenvalue weighted by atomic mass is 9.80. The van der Waals surface area contributed by atoms with Crippen molar-refractivity contribution < 1.29 is 0 Å². The van der Waals surface area contributed by atoms with E-state index in [1.807, 2.05) is 6.20 Å². The van der Waals surface area contributed by atoms with E-state index in [0.717, 1.165) is 5.69 Å². The number of hydrogen-bond acceptors (Lipinski definition) is 1. The van der Waals surface area contributed by atoms with Crippen LogP contribution in [0.2, 0.25) is 0 Å². The summed E-state index contributed by atoms with van der Waals surface area (Å²) in [5.74, 6) is 0. The summed E-state index contributed by atoms with van der Waals surface area (Å²) in [4.78, 5) is 4.81. The zero-order chi connectivity index (χ0) is 24.7. The first-order valence-corrected chi connectivity index (χ1v) is 13.0. The van der Waals surface area contributed by atoms with Crippen molar-refractivity contribution in [3.8, 4) is 22.4 Å². The van der Waals surface area contributed by atoms with Crippen molar-refractivity contribution in [2.45, 2.75) is 19.3 Å². The van der Waals surface area contributed by atoms with Gasteiger partial charge in [0.2, 0.25) is 0 Å². The Kier molecular flexibility index (Phi) is 4.06. The van der Waals surface area contributed by atoms with Crippen LogP contribution in [0.4, 0.5) is 0 Å². The zero-order valence-electron chi connectivity index (χ0n) is 20.9. The Morgan fingerprint density at radius 2 is 1.05 bits per heavy atom. The molecular formula is C36H25N. The maximum Gasteiger partial charge on any atom is 0.0708 e. The van der Waals surface area contributed by atoms with Gasteiger partial charge in [0.1, 0.15) is 0 Å². The van der Waals surface area contributed by atoms with Crippen LogP contribution in [0.25, 0.3) is 65.5 Å². The lowest BCUT2D eigenvalue weighted by Crippen LogP contribution is -2.15. The Bertz CT molecular complexity index is 2060.